The minimum absolute atomic E-state index is 1.05. The van der Waals surface area contributed by atoms with Crippen molar-refractivity contribution < 1.29 is 0 Å². The van der Waals surface area contributed by atoms with Crippen LogP contribution in [0.1, 0.15) is 11.3 Å². The molecule has 0 bridgehead atoms. The van der Waals surface area contributed by atoms with Gasteiger partial charge in [0.05, 0.1) is 0 Å². The molecule has 0 atom stereocenters. The average molecular weight is 241 g/mol. The lowest BCUT2D eigenvalue weighted by atomic mass is 10.1. The molecule has 3 heteroatoms. The summed E-state index contributed by atoms with van der Waals surface area (Å²) < 4.78 is 0. The quantitative estimate of drug-likeness (QED) is 0.871. The molecule has 1 aromatic carbocycles. The van der Waals surface area contributed by atoms with E-state index in [4.69, 9.17) is 0 Å². The Morgan fingerprint density at radius 3 is 2.83 bits per heavy atom. The minimum Gasteiger partial charge on any atom is -0.314 e. The normalized spacial score (nSPS) is 17.2. The summed E-state index contributed by atoms with van der Waals surface area (Å²) in [4.78, 5) is 6.87. The van der Waals surface area contributed by atoms with Crippen molar-refractivity contribution in [3.63, 3.8) is 0 Å². The number of piperazine rings is 1. The Balaban J connectivity index is 1.82. The molecule has 3 nitrogen and oxygen atoms in total. The predicted octanol–water partition coefficient (Wildman–Crippen LogP) is 1.95. The topological polar surface area (TPSA) is 28.2 Å². The van der Waals surface area contributed by atoms with Crippen LogP contribution in [-0.2, 0) is 6.54 Å². The first kappa shape index (κ1) is 11.6. The van der Waals surface area contributed by atoms with Crippen LogP contribution < -0.4 is 5.32 Å². The molecular weight excluding hydrogens is 222 g/mol. The lowest BCUT2D eigenvalue weighted by molar-refractivity contribution is 0.233. The van der Waals surface area contributed by atoms with Gasteiger partial charge < -0.3 is 5.32 Å². The van der Waals surface area contributed by atoms with Crippen molar-refractivity contribution in [3.05, 3.63) is 41.7 Å². The fourth-order valence-electron chi connectivity index (χ4n) is 2.53. The van der Waals surface area contributed by atoms with Gasteiger partial charge in [0.15, 0.2) is 0 Å². The molecule has 1 aliphatic rings. The van der Waals surface area contributed by atoms with Crippen LogP contribution in [0.3, 0.4) is 0 Å². The largest absolute Gasteiger partial charge is 0.314 e. The molecule has 0 aliphatic carbocycles. The van der Waals surface area contributed by atoms with Gasteiger partial charge in [0.1, 0.15) is 0 Å². The second-order valence-electron chi connectivity index (χ2n) is 5.03. The number of nitrogens with one attached hydrogen (secondary N) is 1. The number of rotatable bonds is 2. The number of hydrogen-bond donors (Lipinski definition) is 1. The number of aryl methyl sites for hydroxylation is 1. The summed E-state index contributed by atoms with van der Waals surface area (Å²) in [5.41, 5.74) is 2.47. The average Bonchev–Trinajstić information content (AvgIpc) is 2.40. The number of nitrogens with zero attached hydrogens (tertiary/aromatic N) is 2. The van der Waals surface area contributed by atoms with Crippen LogP contribution in [0.5, 0.6) is 0 Å². The van der Waals surface area contributed by atoms with Gasteiger partial charge in [-0.3, -0.25) is 9.88 Å². The zero-order chi connectivity index (χ0) is 12.4. The molecule has 1 aliphatic heterocycles. The van der Waals surface area contributed by atoms with E-state index >= 15 is 0 Å². The van der Waals surface area contributed by atoms with Crippen molar-refractivity contribution in [2.24, 2.45) is 0 Å². The van der Waals surface area contributed by atoms with Crippen molar-refractivity contribution in [1.82, 2.24) is 15.2 Å². The van der Waals surface area contributed by atoms with Gasteiger partial charge in [0.25, 0.3) is 0 Å². The predicted molar refractivity (Wildman–Crippen MR) is 74.6 cm³/mol. The van der Waals surface area contributed by atoms with Crippen LogP contribution >= 0.6 is 0 Å². The fraction of sp³-hybridized carbons (Fsp3) is 0.400. The Morgan fingerprint density at radius 2 is 2.00 bits per heavy atom. The molecule has 1 saturated heterocycles. The van der Waals surface area contributed by atoms with E-state index in [0.717, 1.165) is 38.4 Å². The summed E-state index contributed by atoms with van der Waals surface area (Å²) in [6.45, 7) is 7.58. The second-order valence-corrected chi connectivity index (χ2v) is 5.03. The van der Waals surface area contributed by atoms with Crippen molar-refractivity contribution in [2.75, 3.05) is 26.2 Å². The maximum absolute atomic E-state index is 4.37. The molecule has 1 N–H and O–H groups in total. The molecular formula is C15H19N3. The first-order valence-corrected chi connectivity index (χ1v) is 6.60. The van der Waals surface area contributed by atoms with E-state index < -0.39 is 0 Å². The first-order chi connectivity index (χ1) is 8.81. The molecule has 2 heterocycles. The highest BCUT2D eigenvalue weighted by Crippen LogP contribution is 2.17. The van der Waals surface area contributed by atoms with E-state index in [1.54, 1.807) is 0 Å². The lowest BCUT2D eigenvalue weighted by Gasteiger charge is -2.27. The molecule has 94 valence electrons. The van der Waals surface area contributed by atoms with Gasteiger partial charge in [-0.2, -0.15) is 0 Å². The third kappa shape index (κ3) is 2.52. The minimum atomic E-state index is 1.05. The Kier molecular flexibility index (Phi) is 3.26. The number of fused-ring (bicyclic) bond motifs is 1. The smallest absolute Gasteiger partial charge is 0.0379 e. The van der Waals surface area contributed by atoms with E-state index in [2.05, 4.69) is 39.5 Å². The van der Waals surface area contributed by atoms with Crippen LogP contribution in [0.2, 0.25) is 0 Å². The zero-order valence-electron chi connectivity index (χ0n) is 10.8. The molecule has 2 aromatic rings. The molecule has 0 amide bonds. The number of hydrogen-bond acceptors (Lipinski definition) is 3. The molecule has 0 unspecified atom stereocenters. The Bertz CT molecular complexity index is 544. The van der Waals surface area contributed by atoms with Gasteiger partial charge in [0.2, 0.25) is 0 Å². The van der Waals surface area contributed by atoms with Gasteiger partial charge in [0, 0.05) is 50.0 Å². The highest BCUT2D eigenvalue weighted by molar-refractivity contribution is 5.82. The molecule has 3 rings (SSSR count). The van der Waals surface area contributed by atoms with E-state index in [1.807, 2.05) is 13.1 Å². The summed E-state index contributed by atoms with van der Waals surface area (Å²) in [6, 6.07) is 8.86. The highest BCUT2D eigenvalue weighted by atomic mass is 15.2. The maximum atomic E-state index is 4.37. The summed E-state index contributed by atoms with van der Waals surface area (Å²) in [7, 11) is 0. The Morgan fingerprint density at radius 1 is 1.17 bits per heavy atom. The van der Waals surface area contributed by atoms with Gasteiger partial charge in [-0.05, 0) is 30.0 Å². The summed E-state index contributed by atoms with van der Waals surface area (Å²) in [6.07, 6.45) is 1.98. The summed E-state index contributed by atoms with van der Waals surface area (Å²) in [5, 5.41) is 5.91. The van der Waals surface area contributed by atoms with Crippen molar-refractivity contribution in [2.45, 2.75) is 13.5 Å². The monoisotopic (exact) mass is 241 g/mol. The summed E-state index contributed by atoms with van der Waals surface area (Å²) >= 11 is 0. The second kappa shape index (κ2) is 5.04. The van der Waals surface area contributed by atoms with E-state index in [0.29, 0.717) is 0 Å². The van der Waals surface area contributed by atoms with E-state index in [-0.39, 0.29) is 0 Å². The van der Waals surface area contributed by atoms with E-state index in [9.17, 15) is 0 Å². The molecule has 1 aromatic heterocycles. The third-order valence-corrected chi connectivity index (χ3v) is 3.54. The van der Waals surface area contributed by atoms with Crippen molar-refractivity contribution in [3.8, 4) is 0 Å². The number of pyridine rings is 1. The molecule has 0 radical (unpaired) electrons. The third-order valence-electron chi connectivity index (χ3n) is 3.54. The van der Waals surface area contributed by atoms with Crippen LogP contribution in [0, 0.1) is 6.92 Å². The zero-order valence-corrected chi connectivity index (χ0v) is 10.8. The SMILES string of the molecule is Cc1cc2ccc(CN3CCNCC3)cc2cn1. The van der Waals surface area contributed by atoms with Crippen LogP contribution in [0.25, 0.3) is 10.8 Å². The Labute approximate surface area is 108 Å². The van der Waals surface area contributed by atoms with Crippen molar-refractivity contribution in [1.29, 1.82) is 0 Å². The first-order valence-electron chi connectivity index (χ1n) is 6.60. The summed E-state index contributed by atoms with van der Waals surface area (Å²) in [5.74, 6) is 0. The molecule has 0 spiro atoms. The highest BCUT2D eigenvalue weighted by Gasteiger charge is 2.09. The van der Waals surface area contributed by atoms with E-state index in [1.165, 1.54) is 16.3 Å². The van der Waals surface area contributed by atoms with Crippen LogP contribution in [0.15, 0.2) is 30.5 Å². The lowest BCUT2D eigenvalue weighted by Crippen LogP contribution is -2.42. The number of aromatic nitrogens is 1. The molecule has 0 saturated carbocycles. The molecule has 18 heavy (non-hydrogen) atoms. The maximum Gasteiger partial charge on any atom is 0.0379 e. The van der Waals surface area contributed by atoms with Crippen molar-refractivity contribution >= 4 is 10.8 Å². The number of benzene rings is 1. The van der Waals surface area contributed by atoms with Gasteiger partial charge in [-0.1, -0.05) is 12.1 Å². The van der Waals surface area contributed by atoms with Gasteiger partial charge >= 0.3 is 0 Å². The fourth-order valence-corrected chi connectivity index (χ4v) is 2.53. The van der Waals surface area contributed by atoms with Crippen LogP contribution in [0.4, 0.5) is 0 Å². The van der Waals surface area contributed by atoms with Gasteiger partial charge in [-0.25, -0.2) is 0 Å². The standard InChI is InChI=1S/C15H19N3/c1-12-8-14-3-2-13(9-15(14)10-17-12)11-18-6-4-16-5-7-18/h2-3,8-10,16H,4-7,11H2,1H3. The Hall–Kier alpha value is -1.45. The van der Waals surface area contributed by atoms with Gasteiger partial charge in [-0.15, -0.1) is 0 Å². The van der Waals surface area contributed by atoms with Crippen LogP contribution in [-0.4, -0.2) is 36.1 Å². The molecule has 1 fully saturated rings.